The predicted molar refractivity (Wildman–Crippen MR) is 126 cm³/mol. The van der Waals surface area contributed by atoms with Crippen LogP contribution in [0.2, 0.25) is 0 Å². The maximum atomic E-state index is 14.1. The van der Waals surface area contributed by atoms with Crippen LogP contribution < -0.4 is 5.32 Å². The van der Waals surface area contributed by atoms with Gasteiger partial charge < -0.3 is 10.2 Å². The Bertz CT molecular complexity index is 1360. The number of rotatable bonds is 7. The van der Waals surface area contributed by atoms with Gasteiger partial charge in [0.1, 0.15) is 5.82 Å². The van der Waals surface area contributed by atoms with Crippen LogP contribution in [-0.2, 0) is 12.7 Å². The van der Waals surface area contributed by atoms with Crippen LogP contribution in [0, 0.1) is 18.7 Å². The van der Waals surface area contributed by atoms with Gasteiger partial charge in [-0.05, 0) is 54.6 Å². The molecule has 0 radical (unpaired) electrons. The SMILES string of the molecule is Cc1c(C(=O)NCCSC(F)(F)F)ccc2nn(CC3CN(C(=O)c4ccc(C(F)(F)F)cc4F)C3)cc12. The molecule has 0 spiro atoms. The second kappa shape index (κ2) is 10.5. The normalized spacial score (nSPS) is 14.6. The Morgan fingerprint density at radius 3 is 2.39 bits per heavy atom. The third-order valence-corrected chi connectivity index (χ3v) is 6.86. The highest BCUT2D eigenvalue weighted by Gasteiger charge is 2.35. The fraction of sp³-hybridized carbons (Fsp3) is 0.375. The van der Waals surface area contributed by atoms with Crippen LogP contribution in [0.5, 0.6) is 0 Å². The van der Waals surface area contributed by atoms with Crippen molar-refractivity contribution < 1.29 is 40.3 Å². The van der Waals surface area contributed by atoms with Gasteiger partial charge in [-0.2, -0.15) is 31.4 Å². The van der Waals surface area contributed by atoms with Crippen LogP contribution >= 0.6 is 11.8 Å². The van der Waals surface area contributed by atoms with Crippen LogP contribution in [0.15, 0.2) is 36.5 Å². The lowest BCUT2D eigenvalue weighted by atomic mass is 9.98. The Balaban J connectivity index is 1.35. The Hall–Kier alpha value is -3.29. The minimum atomic E-state index is -4.71. The first-order valence-electron chi connectivity index (χ1n) is 11.3. The van der Waals surface area contributed by atoms with E-state index in [0.717, 1.165) is 6.07 Å². The Kier molecular flexibility index (Phi) is 7.64. The van der Waals surface area contributed by atoms with E-state index in [2.05, 4.69) is 10.4 Å². The highest BCUT2D eigenvalue weighted by atomic mass is 32.2. The zero-order valence-electron chi connectivity index (χ0n) is 19.8. The monoisotopic (exact) mass is 562 g/mol. The minimum absolute atomic E-state index is 0.0278. The lowest BCUT2D eigenvalue weighted by Gasteiger charge is -2.39. The molecule has 0 saturated carbocycles. The van der Waals surface area contributed by atoms with Crippen LogP contribution in [0.4, 0.5) is 30.7 Å². The lowest BCUT2D eigenvalue weighted by Crippen LogP contribution is -2.51. The van der Waals surface area contributed by atoms with Crippen molar-refractivity contribution in [2.75, 3.05) is 25.4 Å². The number of fused-ring (bicyclic) bond motifs is 1. The second-order valence-corrected chi connectivity index (χ2v) is 10.0. The van der Waals surface area contributed by atoms with E-state index in [-0.39, 0.29) is 43.1 Å². The van der Waals surface area contributed by atoms with Crippen molar-refractivity contribution in [1.82, 2.24) is 20.0 Å². The molecule has 1 saturated heterocycles. The van der Waals surface area contributed by atoms with Gasteiger partial charge in [-0.25, -0.2) is 4.39 Å². The number of benzene rings is 2. The third kappa shape index (κ3) is 6.22. The highest BCUT2D eigenvalue weighted by Crippen LogP contribution is 2.32. The Labute approximate surface area is 216 Å². The van der Waals surface area contributed by atoms with Crippen LogP contribution in [0.3, 0.4) is 0 Å². The van der Waals surface area contributed by atoms with Gasteiger partial charge in [-0.3, -0.25) is 14.3 Å². The van der Waals surface area contributed by atoms with Crippen LogP contribution in [0.25, 0.3) is 10.9 Å². The van der Waals surface area contributed by atoms with Gasteiger partial charge in [0, 0.05) is 55.0 Å². The molecule has 0 aliphatic carbocycles. The molecule has 6 nitrogen and oxygen atoms in total. The number of hydrogen-bond acceptors (Lipinski definition) is 4. The molecule has 0 bridgehead atoms. The predicted octanol–water partition coefficient (Wildman–Crippen LogP) is 5.26. The molecule has 14 heteroatoms. The molecule has 1 fully saturated rings. The molecule has 4 rings (SSSR count). The molecule has 38 heavy (non-hydrogen) atoms. The molecule has 2 amide bonds. The lowest BCUT2D eigenvalue weighted by molar-refractivity contribution is -0.137. The average Bonchev–Trinajstić information content (AvgIpc) is 3.21. The summed E-state index contributed by atoms with van der Waals surface area (Å²) in [5.74, 6) is -2.76. The van der Waals surface area contributed by atoms with Crippen molar-refractivity contribution in [1.29, 1.82) is 0 Å². The molecule has 3 aromatic rings. The third-order valence-electron chi connectivity index (χ3n) is 6.12. The molecule has 0 atom stereocenters. The van der Waals surface area contributed by atoms with E-state index < -0.39 is 40.4 Å². The number of likely N-dealkylation sites (tertiary alicyclic amines) is 1. The fourth-order valence-electron chi connectivity index (χ4n) is 4.20. The number of hydrogen-bond donors (Lipinski definition) is 1. The summed E-state index contributed by atoms with van der Waals surface area (Å²) < 4.78 is 90.7. The summed E-state index contributed by atoms with van der Waals surface area (Å²) in [6.45, 7) is 2.49. The molecule has 1 aliphatic rings. The smallest absolute Gasteiger partial charge is 0.351 e. The summed E-state index contributed by atoms with van der Waals surface area (Å²) >= 11 is -0.215. The van der Waals surface area contributed by atoms with Gasteiger partial charge in [-0.1, -0.05) is 0 Å². The molecular weight excluding hydrogens is 541 g/mol. The molecule has 2 heterocycles. The number of amides is 2. The van der Waals surface area contributed by atoms with Gasteiger partial charge in [0.2, 0.25) is 0 Å². The Morgan fingerprint density at radius 2 is 1.76 bits per heavy atom. The maximum absolute atomic E-state index is 14.1. The number of nitrogens with zero attached hydrogens (tertiary/aromatic N) is 3. The van der Waals surface area contributed by atoms with Crippen molar-refractivity contribution in [3.05, 3.63) is 64.6 Å². The number of nitrogens with one attached hydrogen (secondary N) is 1. The minimum Gasteiger partial charge on any atom is -0.351 e. The number of alkyl halides is 6. The number of halogens is 7. The number of carbonyl (C=O) groups excluding carboxylic acids is 2. The summed E-state index contributed by atoms with van der Waals surface area (Å²) in [6.07, 6.45) is -2.99. The number of thioether (sulfide) groups is 1. The standard InChI is InChI=1S/C24H21F7N4O2S/c1-13-16(21(36)32-6-7-38-24(29,30)31)4-5-20-18(13)12-35(33-20)11-14-9-34(10-14)22(37)17-3-2-15(8-19(17)25)23(26,27)28/h2-5,8,12,14H,6-7,9-11H2,1H3,(H,32,36). The first kappa shape index (κ1) is 27.7. The zero-order chi connectivity index (χ0) is 27.8. The molecule has 2 aromatic carbocycles. The van der Waals surface area contributed by atoms with Gasteiger partial charge >= 0.3 is 11.7 Å². The molecule has 204 valence electrons. The van der Waals surface area contributed by atoms with Crippen molar-refractivity contribution in [2.24, 2.45) is 5.92 Å². The van der Waals surface area contributed by atoms with Crippen molar-refractivity contribution in [2.45, 2.75) is 25.2 Å². The van der Waals surface area contributed by atoms with Crippen LogP contribution in [0.1, 0.15) is 31.8 Å². The summed E-state index contributed by atoms with van der Waals surface area (Å²) in [4.78, 5) is 26.3. The molecule has 1 aliphatic heterocycles. The van der Waals surface area contributed by atoms with Crippen LogP contribution in [-0.4, -0.2) is 57.4 Å². The quantitative estimate of drug-likeness (QED) is 0.315. The first-order chi connectivity index (χ1) is 17.7. The number of aromatic nitrogens is 2. The van der Waals surface area contributed by atoms with Crippen molar-refractivity contribution in [3.8, 4) is 0 Å². The summed E-state index contributed by atoms with van der Waals surface area (Å²) in [7, 11) is 0. The van der Waals surface area contributed by atoms with E-state index in [0.29, 0.717) is 40.7 Å². The van der Waals surface area contributed by atoms with Gasteiger partial charge in [0.25, 0.3) is 11.8 Å². The largest absolute Gasteiger partial charge is 0.441 e. The number of carbonyl (C=O) groups is 2. The number of aryl methyl sites for hydroxylation is 1. The fourth-order valence-corrected chi connectivity index (χ4v) is 4.63. The average molecular weight is 563 g/mol. The maximum Gasteiger partial charge on any atom is 0.441 e. The van der Waals surface area contributed by atoms with E-state index in [4.69, 9.17) is 0 Å². The van der Waals surface area contributed by atoms with E-state index >= 15 is 0 Å². The first-order valence-corrected chi connectivity index (χ1v) is 12.3. The molecular formula is C24H21F7N4O2S. The Morgan fingerprint density at radius 1 is 1.08 bits per heavy atom. The second-order valence-electron chi connectivity index (χ2n) is 8.84. The van der Waals surface area contributed by atoms with E-state index in [1.54, 1.807) is 29.9 Å². The van der Waals surface area contributed by atoms with E-state index in [1.807, 2.05) is 0 Å². The van der Waals surface area contributed by atoms with E-state index in [1.165, 1.54) is 4.90 Å². The van der Waals surface area contributed by atoms with Gasteiger partial charge in [-0.15, -0.1) is 0 Å². The van der Waals surface area contributed by atoms with Crippen molar-refractivity contribution >= 4 is 34.5 Å². The zero-order valence-corrected chi connectivity index (χ0v) is 20.6. The molecule has 1 N–H and O–H groups in total. The van der Waals surface area contributed by atoms with Crippen molar-refractivity contribution in [3.63, 3.8) is 0 Å². The highest BCUT2D eigenvalue weighted by molar-refractivity contribution is 8.00. The van der Waals surface area contributed by atoms with Gasteiger partial charge in [0.15, 0.2) is 0 Å². The summed E-state index contributed by atoms with van der Waals surface area (Å²) in [5.41, 5.74) is -4.44. The summed E-state index contributed by atoms with van der Waals surface area (Å²) in [6, 6.07) is 4.98. The molecule has 1 aromatic heterocycles. The topological polar surface area (TPSA) is 67.2 Å². The molecule has 0 unspecified atom stereocenters. The van der Waals surface area contributed by atoms with Gasteiger partial charge in [0.05, 0.1) is 16.6 Å². The van der Waals surface area contributed by atoms with E-state index in [9.17, 15) is 40.3 Å². The summed E-state index contributed by atoms with van der Waals surface area (Å²) in [5, 5.41) is 7.61.